The van der Waals surface area contributed by atoms with Crippen molar-refractivity contribution < 1.29 is 14.3 Å². The second-order valence-corrected chi connectivity index (χ2v) is 9.36. The predicted molar refractivity (Wildman–Crippen MR) is 129 cm³/mol. The van der Waals surface area contributed by atoms with Crippen LogP contribution in [0.5, 0.6) is 5.75 Å². The Morgan fingerprint density at radius 2 is 1.67 bits per heavy atom. The Hall–Kier alpha value is -2.86. The molecular formula is C27H35N3O3. The first-order valence-corrected chi connectivity index (χ1v) is 12.1. The van der Waals surface area contributed by atoms with Crippen molar-refractivity contribution >= 4 is 11.8 Å². The Kier molecular flexibility index (Phi) is 7.33. The molecule has 0 aromatic heterocycles. The van der Waals surface area contributed by atoms with Crippen molar-refractivity contribution in [2.24, 2.45) is 0 Å². The smallest absolute Gasteiger partial charge is 0.254 e. The maximum Gasteiger partial charge on any atom is 0.254 e. The van der Waals surface area contributed by atoms with Crippen molar-refractivity contribution in [1.82, 2.24) is 14.7 Å². The van der Waals surface area contributed by atoms with E-state index in [1.165, 1.54) is 12.8 Å². The first-order valence-electron chi connectivity index (χ1n) is 12.1. The van der Waals surface area contributed by atoms with Crippen molar-refractivity contribution in [2.45, 2.75) is 52.3 Å². The Bertz CT molecular complexity index is 967. The van der Waals surface area contributed by atoms with Crippen LogP contribution in [0.3, 0.4) is 0 Å². The second kappa shape index (κ2) is 10.4. The molecule has 6 heteroatoms. The molecule has 0 spiro atoms. The minimum Gasteiger partial charge on any atom is -0.491 e. The van der Waals surface area contributed by atoms with Crippen LogP contribution in [0.15, 0.2) is 48.5 Å². The van der Waals surface area contributed by atoms with Gasteiger partial charge in [-0.05, 0) is 69.1 Å². The summed E-state index contributed by atoms with van der Waals surface area (Å²) in [6.45, 7) is 10.2. The zero-order valence-electron chi connectivity index (χ0n) is 20.0. The maximum absolute atomic E-state index is 13.8. The van der Waals surface area contributed by atoms with E-state index in [1.807, 2.05) is 66.1 Å². The van der Waals surface area contributed by atoms with E-state index in [1.54, 1.807) is 6.92 Å². The van der Waals surface area contributed by atoms with Gasteiger partial charge in [0, 0.05) is 38.7 Å². The number of hydrogen-bond acceptors (Lipinski definition) is 4. The fourth-order valence-electron chi connectivity index (χ4n) is 4.84. The summed E-state index contributed by atoms with van der Waals surface area (Å²) in [5.41, 5.74) is 2.87. The van der Waals surface area contributed by atoms with Gasteiger partial charge in [0.1, 0.15) is 5.75 Å². The minimum atomic E-state index is -0.192. The van der Waals surface area contributed by atoms with Crippen LogP contribution >= 0.6 is 0 Å². The number of rotatable bonds is 6. The van der Waals surface area contributed by atoms with Gasteiger partial charge in [-0.15, -0.1) is 0 Å². The van der Waals surface area contributed by atoms with E-state index in [4.69, 9.17) is 4.74 Å². The van der Waals surface area contributed by atoms with E-state index in [-0.39, 0.29) is 24.0 Å². The molecule has 33 heavy (non-hydrogen) atoms. The van der Waals surface area contributed by atoms with Crippen LogP contribution in [0.2, 0.25) is 0 Å². The van der Waals surface area contributed by atoms with Crippen LogP contribution in [-0.2, 0) is 11.3 Å². The number of carbonyl (C=O) groups is 2. The van der Waals surface area contributed by atoms with Crippen LogP contribution in [-0.4, -0.2) is 65.3 Å². The van der Waals surface area contributed by atoms with Crippen LogP contribution in [0, 0.1) is 0 Å². The summed E-state index contributed by atoms with van der Waals surface area (Å²) in [5.74, 6) is 0.892. The van der Waals surface area contributed by atoms with E-state index in [0.717, 1.165) is 42.1 Å². The molecule has 6 nitrogen and oxygen atoms in total. The molecule has 0 radical (unpaired) electrons. The lowest BCUT2D eigenvalue weighted by atomic mass is 9.99. The quantitative estimate of drug-likeness (QED) is 0.666. The van der Waals surface area contributed by atoms with E-state index >= 15 is 0 Å². The average Bonchev–Trinajstić information content (AvgIpc) is 3.32. The lowest BCUT2D eigenvalue weighted by Crippen LogP contribution is -2.52. The van der Waals surface area contributed by atoms with Crippen molar-refractivity contribution in [3.63, 3.8) is 0 Å². The molecule has 2 aliphatic rings. The summed E-state index contributed by atoms with van der Waals surface area (Å²) in [5, 5.41) is 0. The van der Waals surface area contributed by atoms with Crippen molar-refractivity contribution in [2.75, 3.05) is 32.7 Å². The van der Waals surface area contributed by atoms with Crippen LogP contribution < -0.4 is 4.74 Å². The topological polar surface area (TPSA) is 53.1 Å². The number of nitrogens with zero attached hydrogens (tertiary/aromatic N) is 3. The van der Waals surface area contributed by atoms with E-state index in [9.17, 15) is 9.59 Å². The molecule has 2 heterocycles. The maximum atomic E-state index is 13.8. The third-order valence-electron chi connectivity index (χ3n) is 6.56. The first kappa shape index (κ1) is 23.3. The van der Waals surface area contributed by atoms with Gasteiger partial charge in [0.15, 0.2) is 0 Å². The molecule has 0 aliphatic carbocycles. The largest absolute Gasteiger partial charge is 0.491 e. The van der Waals surface area contributed by atoms with Gasteiger partial charge in [-0.1, -0.05) is 30.3 Å². The monoisotopic (exact) mass is 449 g/mol. The van der Waals surface area contributed by atoms with E-state index in [0.29, 0.717) is 19.6 Å². The highest BCUT2D eigenvalue weighted by atomic mass is 16.5. The summed E-state index contributed by atoms with van der Waals surface area (Å²) in [4.78, 5) is 32.2. The van der Waals surface area contributed by atoms with Gasteiger partial charge in [-0.3, -0.25) is 14.5 Å². The van der Waals surface area contributed by atoms with Crippen molar-refractivity contribution in [3.8, 4) is 5.75 Å². The Labute approximate surface area is 197 Å². The molecule has 2 fully saturated rings. The molecule has 0 saturated carbocycles. The lowest BCUT2D eigenvalue weighted by molar-refractivity contribution is -0.131. The molecule has 2 amide bonds. The highest BCUT2D eigenvalue weighted by Gasteiger charge is 2.34. The van der Waals surface area contributed by atoms with Crippen LogP contribution in [0.1, 0.15) is 61.1 Å². The molecule has 2 aromatic carbocycles. The SMILES string of the molecule is CC(=O)N1CCN(C(=O)c2ccccc2CN2CCCC2)C(c2ccc(OC(C)C)cc2)C1. The molecule has 1 atom stereocenters. The van der Waals surface area contributed by atoms with Crippen LogP contribution in [0.25, 0.3) is 0 Å². The zero-order chi connectivity index (χ0) is 23.4. The van der Waals surface area contributed by atoms with Gasteiger partial charge in [0.2, 0.25) is 5.91 Å². The number of carbonyl (C=O) groups excluding carboxylic acids is 2. The number of hydrogen-bond donors (Lipinski definition) is 0. The van der Waals surface area contributed by atoms with Gasteiger partial charge in [0.25, 0.3) is 5.91 Å². The van der Waals surface area contributed by atoms with Gasteiger partial charge in [-0.25, -0.2) is 0 Å². The Morgan fingerprint density at radius 3 is 2.33 bits per heavy atom. The summed E-state index contributed by atoms with van der Waals surface area (Å²) in [7, 11) is 0. The second-order valence-electron chi connectivity index (χ2n) is 9.36. The summed E-state index contributed by atoms with van der Waals surface area (Å²) in [6.07, 6.45) is 2.55. The number of amides is 2. The van der Waals surface area contributed by atoms with Crippen molar-refractivity contribution in [1.29, 1.82) is 0 Å². The third-order valence-corrected chi connectivity index (χ3v) is 6.56. The Morgan fingerprint density at radius 1 is 0.970 bits per heavy atom. The summed E-state index contributed by atoms with van der Waals surface area (Å²) >= 11 is 0. The molecular weight excluding hydrogens is 414 g/mol. The molecule has 4 rings (SSSR count). The molecule has 176 valence electrons. The first-order chi connectivity index (χ1) is 15.9. The lowest BCUT2D eigenvalue weighted by Gasteiger charge is -2.41. The van der Waals surface area contributed by atoms with Gasteiger partial charge in [0.05, 0.1) is 12.1 Å². The minimum absolute atomic E-state index is 0.0421. The highest BCUT2D eigenvalue weighted by molar-refractivity contribution is 5.96. The molecule has 2 saturated heterocycles. The summed E-state index contributed by atoms with van der Waals surface area (Å²) < 4.78 is 5.79. The predicted octanol–water partition coefficient (Wildman–Crippen LogP) is 4.12. The van der Waals surface area contributed by atoms with Gasteiger partial charge in [-0.2, -0.15) is 0 Å². The molecule has 2 aromatic rings. The number of piperazine rings is 1. The summed E-state index contributed by atoms with van der Waals surface area (Å²) in [6, 6.07) is 15.7. The van der Waals surface area contributed by atoms with E-state index in [2.05, 4.69) is 11.0 Å². The van der Waals surface area contributed by atoms with Gasteiger partial charge >= 0.3 is 0 Å². The fraction of sp³-hybridized carbons (Fsp3) is 0.481. The number of benzene rings is 2. The Balaban J connectivity index is 1.60. The normalized spacial score (nSPS) is 19.2. The van der Waals surface area contributed by atoms with Crippen molar-refractivity contribution in [3.05, 3.63) is 65.2 Å². The average molecular weight is 450 g/mol. The standard InChI is InChI=1S/C27H35N3O3/c1-20(2)33-24-12-10-22(11-13-24)26-19-29(21(3)31)16-17-30(26)27(32)25-9-5-4-8-23(25)18-28-14-6-7-15-28/h4-5,8-13,20,26H,6-7,14-19H2,1-3H3. The number of ether oxygens (including phenoxy) is 1. The fourth-order valence-corrected chi connectivity index (χ4v) is 4.84. The molecule has 0 bridgehead atoms. The van der Waals surface area contributed by atoms with Crippen LogP contribution in [0.4, 0.5) is 0 Å². The van der Waals surface area contributed by atoms with Gasteiger partial charge < -0.3 is 14.5 Å². The zero-order valence-corrected chi connectivity index (χ0v) is 20.0. The molecule has 2 aliphatic heterocycles. The molecule has 1 unspecified atom stereocenters. The third kappa shape index (κ3) is 5.56. The van der Waals surface area contributed by atoms with E-state index < -0.39 is 0 Å². The highest BCUT2D eigenvalue weighted by Crippen LogP contribution is 2.30. The number of likely N-dealkylation sites (tertiary alicyclic amines) is 1. The molecule has 0 N–H and O–H groups in total.